The molecule has 2 aliphatic heterocycles. The van der Waals surface area contributed by atoms with Crippen LogP contribution in [0.15, 0.2) is 22.8 Å². The summed E-state index contributed by atoms with van der Waals surface area (Å²) in [6, 6.07) is 1.45. The Kier molecular flexibility index (Phi) is 5.77. The van der Waals surface area contributed by atoms with Crippen LogP contribution in [0.3, 0.4) is 0 Å². The average Bonchev–Trinajstić information content (AvgIpc) is 3.33. The van der Waals surface area contributed by atoms with Crippen molar-refractivity contribution in [3.05, 3.63) is 34.9 Å². The van der Waals surface area contributed by atoms with Crippen LogP contribution in [0.25, 0.3) is 17.0 Å². The third-order valence-corrected chi connectivity index (χ3v) is 5.85. The molecule has 172 valence electrons. The molecule has 32 heavy (non-hydrogen) atoms. The van der Waals surface area contributed by atoms with Gasteiger partial charge in [0.05, 0.1) is 28.9 Å². The topological polar surface area (TPSA) is 111 Å². The zero-order chi connectivity index (χ0) is 23.3. The van der Waals surface area contributed by atoms with Gasteiger partial charge in [0.2, 0.25) is 11.8 Å². The first kappa shape index (κ1) is 22.7. The Bertz CT molecular complexity index is 1060. The number of pyridine rings is 1. The van der Waals surface area contributed by atoms with Crippen molar-refractivity contribution in [2.75, 3.05) is 13.2 Å². The molecular weight excluding hydrogens is 436 g/mol. The zero-order valence-corrected chi connectivity index (χ0v) is 19.5. The van der Waals surface area contributed by atoms with Gasteiger partial charge in [-0.3, -0.25) is 4.98 Å². The van der Waals surface area contributed by atoms with E-state index in [1.54, 1.807) is 12.3 Å². The number of aromatic nitrogens is 3. The molecule has 1 N–H and O–H groups in total. The fourth-order valence-electron chi connectivity index (χ4n) is 3.95. The van der Waals surface area contributed by atoms with E-state index < -0.39 is 18.0 Å². The standard InChI is InChI=1S/C22H27ClN4O5/c1-21(2,3)16-9-12(6-7-27(16)20(28)29)17-14(23)8-13(10-24-17)18-25-26-19(31-18)15-11-30-22(4,5)32-15/h8-10,15-16H,6-7,11H2,1-5H3,(H,28,29)/t15?,16-/m0/s1. The fraction of sp³-hybridized carbons (Fsp3) is 0.545. The van der Waals surface area contributed by atoms with E-state index in [1.807, 2.05) is 40.7 Å². The molecule has 1 saturated heterocycles. The monoisotopic (exact) mass is 462 g/mol. The van der Waals surface area contributed by atoms with Crippen LogP contribution >= 0.6 is 11.6 Å². The van der Waals surface area contributed by atoms with E-state index in [4.69, 9.17) is 25.5 Å². The largest absolute Gasteiger partial charge is 0.465 e. The van der Waals surface area contributed by atoms with E-state index >= 15 is 0 Å². The lowest BCUT2D eigenvalue weighted by atomic mass is 9.82. The minimum absolute atomic E-state index is 0.267. The number of hydrogen-bond acceptors (Lipinski definition) is 7. The molecule has 0 radical (unpaired) electrons. The molecule has 1 unspecified atom stereocenters. The second-order valence-electron chi connectivity index (χ2n) is 9.55. The van der Waals surface area contributed by atoms with E-state index in [1.165, 1.54) is 4.90 Å². The summed E-state index contributed by atoms with van der Waals surface area (Å²) >= 11 is 6.58. The average molecular weight is 463 g/mol. The van der Waals surface area contributed by atoms with Crippen LogP contribution in [-0.4, -0.2) is 56.3 Å². The van der Waals surface area contributed by atoms with Crippen molar-refractivity contribution < 1.29 is 23.8 Å². The van der Waals surface area contributed by atoms with Crippen LogP contribution < -0.4 is 0 Å². The summed E-state index contributed by atoms with van der Waals surface area (Å²) in [6.45, 7) is 10.4. The molecule has 0 spiro atoms. The van der Waals surface area contributed by atoms with Crippen molar-refractivity contribution >= 4 is 23.3 Å². The number of rotatable bonds is 3. The number of carboxylic acid groups (broad SMARTS) is 1. The molecule has 0 aromatic carbocycles. The van der Waals surface area contributed by atoms with Crippen LogP contribution in [0.4, 0.5) is 4.79 Å². The fourth-order valence-corrected chi connectivity index (χ4v) is 4.24. The molecule has 2 aliphatic rings. The van der Waals surface area contributed by atoms with E-state index in [9.17, 15) is 9.90 Å². The van der Waals surface area contributed by atoms with E-state index in [0.29, 0.717) is 41.7 Å². The van der Waals surface area contributed by atoms with Gasteiger partial charge in [-0.25, -0.2) is 4.79 Å². The zero-order valence-electron chi connectivity index (χ0n) is 18.8. The van der Waals surface area contributed by atoms with Crippen LogP contribution in [0.2, 0.25) is 5.02 Å². The van der Waals surface area contributed by atoms with Gasteiger partial charge in [0, 0.05) is 12.7 Å². The summed E-state index contributed by atoms with van der Waals surface area (Å²) in [5.41, 5.74) is 1.87. The first-order valence-corrected chi connectivity index (χ1v) is 10.8. The second kappa shape index (κ2) is 8.13. The van der Waals surface area contributed by atoms with Gasteiger partial charge in [-0.05, 0) is 37.3 Å². The molecule has 2 aromatic rings. The van der Waals surface area contributed by atoms with Crippen molar-refractivity contribution in [2.24, 2.45) is 5.41 Å². The van der Waals surface area contributed by atoms with Crippen molar-refractivity contribution in [1.29, 1.82) is 0 Å². The van der Waals surface area contributed by atoms with Crippen LogP contribution in [0, 0.1) is 5.41 Å². The lowest BCUT2D eigenvalue weighted by Crippen LogP contribution is -2.48. The first-order valence-electron chi connectivity index (χ1n) is 10.5. The molecule has 10 heteroatoms. The Labute approximate surface area is 191 Å². The molecule has 0 saturated carbocycles. The van der Waals surface area contributed by atoms with E-state index in [-0.39, 0.29) is 17.3 Å². The third-order valence-electron chi connectivity index (χ3n) is 5.57. The van der Waals surface area contributed by atoms with Crippen molar-refractivity contribution in [3.63, 3.8) is 0 Å². The summed E-state index contributed by atoms with van der Waals surface area (Å²) in [5, 5.41) is 18.2. The highest BCUT2D eigenvalue weighted by atomic mass is 35.5. The number of carbonyl (C=O) groups is 1. The predicted octanol–water partition coefficient (Wildman–Crippen LogP) is 4.79. The molecule has 1 fully saturated rings. The maximum absolute atomic E-state index is 11.7. The Balaban J connectivity index is 1.59. The SMILES string of the molecule is CC1(C)OCC(c2nnc(-c3cnc(C4=C[C@@H](C(C)(C)C)N(C(=O)O)CC4)c(Cl)c3)o2)O1. The van der Waals surface area contributed by atoms with Gasteiger partial charge < -0.3 is 23.9 Å². The highest BCUT2D eigenvalue weighted by Gasteiger charge is 2.37. The summed E-state index contributed by atoms with van der Waals surface area (Å²) < 4.78 is 17.1. The lowest BCUT2D eigenvalue weighted by molar-refractivity contribution is -0.141. The molecule has 0 aliphatic carbocycles. The molecule has 2 aromatic heterocycles. The lowest BCUT2D eigenvalue weighted by Gasteiger charge is -2.40. The van der Waals surface area contributed by atoms with Crippen molar-refractivity contribution in [3.8, 4) is 11.5 Å². The highest BCUT2D eigenvalue weighted by Crippen LogP contribution is 2.37. The first-order chi connectivity index (χ1) is 14.9. The summed E-state index contributed by atoms with van der Waals surface area (Å²) in [5.74, 6) is -0.0697. The quantitative estimate of drug-likeness (QED) is 0.692. The number of amides is 1. The van der Waals surface area contributed by atoms with Crippen LogP contribution in [0.5, 0.6) is 0 Å². The molecule has 2 atom stereocenters. The maximum Gasteiger partial charge on any atom is 0.407 e. The minimum Gasteiger partial charge on any atom is -0.465 e. The van der Waals surface area contributed by atoms with Crippen molar-refractivity contribution in [1.82, 2.24) is 20.1 Å². The smallest absolute Gasteiger partial charge is 0.407 e. The minimum atomic E-state index is -0.929. The van der Waals surface area contributed by atoms with Crippen LogP contribution in [0.1, 0.15) is 58.7 Å². The maximum atomic E-state index is 11.7. The summed E-state index contributed by atoms with van der Waals surface area (Å²) in [4.78, 5) is 17.7. The number of nitrogens with zero attached hydrogens (tertiary/aromatic N) is 4. The normalized spacial score (nSPS) is 23.3. The van der Waals surface area contributed by atoms with Gasteiger partial charge in [-0.2, -0.15) is 0 Å². The van der Waals surface area contributed by atoms with Gasteiger partial charge in [-0.1, -0.05) is 38.4 Å². The predicted molar refractivity (Wildman–Crippen MR) is 117 cm³/mol. The third kappa shape index (κ3) is 4.51. The van der Waals surface area contributed by atoms with Crippen molar-refractivity contribution in [2.45, 2.75) is 59.0 Å². The Morgan fingerprint density at radius 3 is 2.66 bits per heavy atom. The second-order valence-corrected chi connectivity index (χ2v) is 9.95. The van der Waals surface area contributed by atoms with E-state index in [2.05, 4.69) is 15.2 Å². The molecular formula is C22H27ClN4O5. The summed E-state index contributed by atoms with van der Waals surface area (Å²) in [7, 11) is 0. The molecule has 1 amide bonds. The number of hydrogen-bond donors (Lipinski definition) is 1. The highest BCUT2D eigenvalue weighted by molar-refractivity contribution is 6.32. The number of ether oxygens (including phenoxy) is 2. The molecule has 9 nitrogen and oxygen atoms in total. The van der Waals surface area contributed by atoms with Crippen LogP contribution in [-0.2, 0) is 9.47 Å². The van der Waals surface area contributed by atoms with Gasteiger partial charge in [-0.15, -0.1) is 10.2 Å². The Morgan fingerprint density at radius 1 is 1.31 bits per heavy atom. The van der Waals surface area contributed by atoms with Gasteiger partial charge in [0.15, 0.2) is 11.9 Å². The molecule has 4 heterocycles. The van der Waals surface area contributed by atoms with E-state index in [0.717, 1.165) is 5.57 Å². The molecule has 0 bridgehead atoms. The van der Waals surface area contributed by atoms with Gasteiger partial charge >= 0.3 is 6.09 Å². The van der Waals surface area contributed by atoms with Gasteiger partial charge in [0.25, 0.3) is 0 Å². The Morgan fingerprint density at radius 2 is 2.06 bits per heavy atom. The molecule has 4 rings (SSSR count). The number of halogens is 1. The van der Waals surface area contributed by atoms with Gasteiger partial charge in [0.1, 0.15) is 0 Å². The summed E-state index contributed by atoms with van der Waals surface area (Å²) in [6.07, 6.45) is 2.76. The Hall–Kier alpha value is -2.49.